The summed E-state index contributed by atoms with van der Waals surface area (Å²) in [5.41, 5.74) is 2.54. The Bertz CT molecular complexity index is 663. The largest absolute Gasteiger partial charge is 0.464 e. The molecule has 2 aromatic heterocycles. The van der Waals surface area contributed by atoms with Crippen LogP contribution in [0.15, 0.2) is 47.2 Å². The first kappa shape index (κ1) is 10.3. The maximum atomic E-state index is 5.76. The molecule has 0 bridgehead atoms. The van der Waals surface area contributed by atoms with Crippen LogP contribution in [0, 0.1) is 0 Å². The zero-order valence-electron chi connectivity index (χ0n) is 8.93. The number of halogens is 1. The molecule has 0 aliphatic carbocycles. The molecule has 0 aliphatic rings. The van der Waals surface area contributed by atoms with Crippen molar-refractivity contribution >= 4 is 22.6 Å². The maximum absolute atomic E-state index is 5.76. The summed E-state index contributed by atoms with van der Waals surface area (Å²) in [6.07, 6.45) is 3.39. The van der Waals surface area contributed by atoms with Crippen LogP contribution in [0.5, 0.6) is 0 Å². The number of fused-ring (bicyclic) bond motifs is 1. The van der Waals surface area contributed by atoms with Gasteiger partial charge >= 0.3 is 0 Å². The number of alkyl halides is 1. The molecule has 0 atom stereocenters. The van der Waals surface area contributed by atoms with Crippen molar-refractivity contribution in [1.29, 1.82) is 0 Å². The van der Waals surface area contributed by atoms with Gasteiger partial charge in [-0.05, 0) is 12.1 Å². The molecule has 17 heavy (non-hydrogen) atoms. The lowest BCUT2D eigenvalue weighted by molar-refractivity contribution is 0.616. The maximum Gasteiger partial charge on any atom is 0.163 e. The summed E-state index contributed by atoms with van der Waals surface area (Å²) in [5.74, 6) is 1.03. The smallest absolute Gasteiger partial charge is 0.163 e. The average molecular weight is 245 g/mol. The van der Waals surface area contributed by atoms with Gasteiger partial charge in [0.05, 0.1) is 17.1 Å². The third-order valence-electron chi connectivity index (χ3n) is 2.57. The minimum Gasteiger partial charge on any atom is -0.464 e. The number of furan rings is 1. The van der Waals surface area contributed by atoms with Crippen molar-refractivity contribution in [3.8, 4) is 11.4 Å². The standard InChI is InChI=1S/C13H9ClN2O/c14-7-9-5-6-15-13(16-9)11-8-17-12-4-2-1-3-10(11)12/h1-6,8H,7H2. The predicted octanol–water partition coefficient (Wildman–Crippen LogP) is 3.63. The van der Waals surface area contributed by atoms with E-state index in [1.807, 2.05) is 24.3 Å². The third kappa shape index (κ3) is 1.78. The fourth-order valence-electron chi connectivity index (χ4n) is 1.75. The van der Waals surface area contributed by atoms with Gasteiger partial charge < -0.3 is 4.42 Å². The molecule has 0 unspecified atom stereocenters. The molecular weight excluding hydrogens is 236 g/mol. The molecule has 0 fully saturated rings. The van der Waals surface area contributed by atoms with Gasteiger partial charge in [0.1, 0.15) is 11.8 Å². The number of aromatic nitrogens is 2. The van der Waals surface area contributed by atoms with E-state index in [4.69, 9.17) is 16.0 Å². The Hall–Kier alpha value is -1.87. The Morgan fingerprint density at radius 2 is 2.06 bits per heavy atom. The molecule has 1 aromatic carbocycles. The number of rotatable bonds is 2. The van der Waals surface area contributed by atoms with Crippen molar-refractivity contribution in [3.05, 3.63) is 48.5 Å². The van der Waals surface area contributed by atoms with Crippen LogP contribution < -0.4 is 0 Å². The van der Waals surface area contributed by atoms with Gasteiger partial charge in [0.2, 0.25) is 0 Å². The summed E-state index contributed by atoms with van der Waals surface area (Å²) in [6, 6.07) is 9.62. The topological polar surface area (TPSA) is 38.9 Å². The van der Waals surface area contributed by atoms with Crippen molar-refractivity contribution in [3.63, 3.8) is 0 Å². The molecule has 0 amide bonds. The highest BCUT2D eigenvalue weighted by Gasteiger charge is 2.10. The van der Waals surface area contributed by atoms with Crippen LogP contribution in [0.2, 0.25) is 0 Å². The predicted molar refractivity (Wildman–Crippen MR) is 66.8 cm³/mol. The molecule has 84 valence electrons. The number of benzene rings is 1. The van der Waals surface area contributed by atoms with Gasteiger partial charge in [0, 0.05) is 11.6 Å². The Labute approximate surface area is 103 Å². The molecule has 0 saturated carbocycles. The highest BCUT2D eigenvalue weighted by atomic mass is 35.5. The lowest BCUT2D eigenvalue weighted by Crippen LogP contribution is -1.91. The van der Waals surface area contributed by atoms with Crippen LogP contribution in [-0.4, -0.2) is 9.97 Å². The molecule has 0 aliphatic heterocycles. The highest BCUT2D eigenvalue weighted by Crippen LogP contribution is 2.27. The van der Waals surface area contributed by atoms with Gasteiger partial charge in [0.25, 0.3) is 0 Å². The monoisotopic (exact) mass is 244 g/mol. The van der Waals surface area contributed by atoms with E-state index in [-0.39, 0.29) is 0 Å². The zero-order valence-corrected chi connectivity index (χ0v) is 9.69. The molecule has 3 aromatic rings. The van der Waals surface area contributed by atoms with Gasteiger partial charge in [-0.3, -0.25) is 0 Å². The van der Waals surface area contributed by atoms with Gasteiger partial charge in [-0.25, -0.2) is 9.97 Å². The van der Waals surface area contributed by atoms with Crippen molar-refractivity contribution < 1.29 is 4.42 Å². The second-order valence-electron chi connectivity index (χ2n) is 3.65. The molecule has 0 N–H and O–H groups in total. The van der Waals surface area contributed by atoms with E-state index in [1.54, 1.807) is 18.5 Å². The molecule has 4 heteroatoms. The number of hydrogen-bond acceptors (Lipinski definition) is 3. The quantitative estimate of drug-likeness (QED) is 0.646. The van der Waals surface area contributed by atoms with E-state index < -0.39 is 0 Å². The second-order valence-corrected chi connectivity index (χ2v) is 3.92. The average Bonchev–Trinajstić information content (AvgIpc) is 2.82. The van der Waals surface area contributed by atoms with Gasteiger partial charge in [0.15, 0.2) is 5.82 Å². The van der Waals surface area contributed by atoms with Crippen molar-refractivity contribution in [2.45, 2.75) is 5.88 Å². The Balaban J connectivity index is 2.20. The van der Waals surface area contributed by atoms with Gasteiger partial charge in [-0.2, -0.15) is 0 Å². The van der Waals surface area contributed by atoms with E-state index in [0.717, 1.165) is 22.2 Å². The molecule has 0 saturated heterocycles. The van der Waals surface area contributed by atoms with Crippen LogP contribution in [0.4, 0.5) is 0 Å². The fourth-order valence-corrected chi connectivity index (χ4v) is 1.90. The van der Waals surface area contributed by atoms with Crippen molar-refractivity contribution in [2.75, 3.05) is 0 Å². The molecule has 0 radical (unpaired) electrons. The van der Waals surface area contributed by atoms with E-state index in [0.29, 0.717) is 11.7 Å². The lowest BCUT2D eigenvalue weighted by Gasteiger charge is -1.98. The van der Waals surface area contributed by atoms with E-state index in [9.17, 15) is 0 Å². The zero-order chi connectivity index (χ0) is 11.7. The first-order chi connectivity index (χ1) is 8.38. The third-order valence-corrected chi connectivity index (χ3v) is 2.85. The minimum absolute atomic E-state index is 0.380. The number of para-hydroxylation sites is 1. The van der Waals surface area contributed by atoms with E-state index in [1.165, 1.54) is 0 Å². The van der Waals surface area contributed by atoms with Crippen LogP contribution in [0.25, 0.3) is 22.4 Å². The SMILES string of the molecule is ClCc1ccnc(-c2coc3ccccc23)n1. The van der Waals surface area contributed by atoms with Crippen LogP contribution in [0.1, 0.15) is 5.69 Å². The lowest BCUT2D eigenvalue weighted by atomic mass is 10.1. The van der Waals surface area contributed by atoms with Gasteiger partial charge in [-0.15, -0.1) is 11.6 Å². The highest BCUT2D eigenvalue weighted by molar-refractivity contribution is 6.16. The summed E-state index contributed by atoms with van der Waals surface area (Å²) in [7, 11) is 0. The summed E-state index contributed by atoms with van der Waals surface area (Å²) in [6.45, 7) is 0. The molecule has 0 spiro atoms. The Kier molecular flexibility index (Phi) is 2.53. The molecule has 3 rings (SSSR count). The summed E-state index contributed by atoms with van der Waals surface area (Å²) >= 11 is 5.76. The minimum atomic E-state index is 0.380. The normalized spacial score (nSPS) is 10.9. The first-order valence-electron chi connectivity index (χ1n) is 5.23. The Morgan fingerprint density at radius 3 is 2.94 bits per heavy atom. The summed E-state index contributed by atoms with van der Waals surface area (Å²) in [4.78, 5) is 8.63. The van der Waals surface area contributed by atoms with Crippen molar-refractivity contribution in [1.82, 2.24) is 9.97 Å². The van der Waals surface area contributed by atoms with E-state index >= 15 is 0 Å². The summed E-state index contributed by atoms with van der Waals surface area (Å²) < 4.78 is 5.46. The summed E-state index contributed by atoms with van der Waals surface area (Å²) in [5, 5.41) is 1.01. The molecule has 2 heterocycles. The van der Waals surface area contributed by atoms with Gasteiger partial charge in [-0.1, -0.05) is 18.2 Å². The second kappa shape index (κ2) is 4.18. The molecular formula is C13H9ClN2O. The fraction of sp³-hybridized carbons (Fsp3) is 0.0769. The van der Waals surface area contributed by atoms with Crippen LogP contribution >= 0.6 is 11.6 Å². The van der Waals surface area contributed by atoms with E-state index in [2.05, 4.69) is 9.97 Å². The number of hydrogen-bond donors (Lipinski definition) is 0. The number of nitrogens with zero attached hydrogens (tertiary/aromatic N) is 2. The van der Waals surface area contributed by atoms with Crippen LogP contribution in [0.3, 0.4) is 0 Å². The first-order valence-corrected chi connectivity index (χ1v) is 5.76. The van der Waals surface area contributed by atoms with Crippen LogP contribution in [-0.2, 0) is 5.88 Å². The molecule has 3 nitrogen and oxygen atoms in total. The van der Waals surface area contributed by atoms with Crippen molar-refractivity contribution in [2.24, 2.45) is 0 Å². The Morgan fingerprint density at radius 1 is 1.18 bits per heavy atom.